The molecule has 3 nitrogen and oxygen atoms in total. The fraction of sp³-hybridized carbons (Fsp3) is 0.350. The van der Waals surface area contributed by atoms with Crippen LogP contribution >= 0.6 is 31.9 Å². The second-order valence-corrected chi connectivity index (χ2v) is 8.28. The van der Waals surface area contributed by atoms with E-state index in [-0.39, 0.29) is 6.03 Å². The highest BCUT2D eigenvalue weighted by molar-refractivity contribution is 9.11. The largest absolute Gasteiger partial charge is 0.338 e. The zero-order valence-electron chi connectivity index (χ0n) is 15.0. The molecule has 2 amide bonds. The van der Waals surface area contributed by atoms with Crippen molar-refractivity contribution < 1.29 is 4.79 Å². The molecule has 2 aromatic rings. The molecule has 2 rings (SSSR count). The zero-order chi connectivity index (χ0) is 18.6. The van der Waals surface area contributed by atoms with Gasteiger partial charge in [-0.25, -0.2) is 4.79 Å². The summed E-state index contributed by atoms with van der Waals surface area (Å²) in [6.07, 6.45) is 0.814. The quantitative estimate of drug-likeness (QED) is 0.530. The van der Waals surface area contributed by atoms with Gasteiger partial charge in [0.25, 0.3) is 0 Å². The van der Waals surface area contributed by atoms with Crippen LogP contribution in [0.15, 0.2) is 39.3 Å². The van der Waals surface area contributed by atoms with Crippen molar-refractivity contribution in [1.29, 1.82) is 0 Å². The van der Waals surface area contributed by atoms with E-state index >= 15 is 0 Å². The molecule has 0 saturated carbocycles. The second-order valence-electron chi connectivity index (χ2n) is 6.58. The molecule has 0 aromatic heterocycles. The maximum absolute atomic E-state index is 12.2. The predicted molar refractivity (Wildman–Crippen MR) is 113 cm³/mol. The lowest BCUT2D eigenvalue weighted by Gasteiger charge is -2.14. The van der Waals surface area contributed by atoms with Crippen LogP contribution in [0.1, 0.15) is 42.0 Å². The number of anilines is 1. The van der Waals surface area contributed by atoms with Crippen molar-refractivity contribution in [1.82, 2.24) is 5.32 Å². The molecule has 0 heterocycles. The highest BCUT2D eigenvalue weighted by Gasteiger charge is 2.12. The lowest BCUT2D eigenvalue weighted by atomic mass is 10.0. The summed E-state index contributed by atoms with van der Waals surface area (Å²) in [6, 6.07) is 10.3. The monoisotopic (exact) mass is 466 g/mol. The van der Waals surface area contributed by atoms with Crippen LogP contribution in [0.2, 0.25) is 0 Å². The van der Waals surface area contributed by atoms with E-state index in [1.165, 1.54) is 22.3 Å². The normalized spacial score (nSPS) is 10.8. The van der Waals surface area contributed by atoms with E-state index in [0.29, 0.717) is 12.5 Å². The first kappa shape index (κ1) is 20.0. The summed E-state index contributed by atoms with van der Waals surface area (Å²) in [4.78, 5) is 12.2. The first-order chi connectivity index (χ1) is 11.8. The van der Waals surface area contributed by atoms with Gasteiger partial charge < -0.3 is 10.6 Å². The number of hydrogen-bond acceptors (Lipinski definition) is 1. The number of amides is 2. The number of carbonyl (C=O) groups excluding carboxylic acids is 1. The average Bonchev–Trinajstić information content (AvgIpc) is 2.52. The fourth-order valence-corrected chi connectivity index (χ4v) is 4.06. The third-order valence-electron chi connectivity index (χ3n) is 4.15. The number of hydrogen-bond donors (Lipinski definition) is 2. The zero-order valence-corrected chi connectivity index (χ0v) is 18.2. The summed E-state index contributed by atoms with van der Waals surface area (Å²) >= 11 is 7.09. The highest BCUT2D eigenvalue weighted by Crippen LogP contribution is 2.34. The van der Waals surface area contributed by atoms with Gasteiger partial charge in [-0.2, -0.15) is 0 Å². The third kappa shape index (κ3) is 5.58. The molecule has 0 atom stereocenters. The predicted octanol–water partition coefficient (Wildman–Crippen LogP) is 6.32. The molecule has 0 aliphatic heterocycles. The number of rotatable bonds is 5. The number of halogens is 2. The molecule has 0 aliphatic rings. The lowest BCUT2D eigenvalue weighted by Crippen LogP contribution is -2.30. The molecular formula is C20H24Br2N2O. The van der Waals surface area contributed by atoms with Crippen LogP contribution in [0.5, 0.6) is 0 Å². The van der Waals surface area contributed by atoms with Gasteiger partial charge in [0.2, 0.25) is 0 Å². The molecule has 0 aliphatic carbocycles. The van der Waals surface area contributed by atoms with Gasteiger partial charge in [0.15, 0.2) is 0 Å². The molecule has 134 valence electrons. The minimum Gasteiger partial charge on any atom is -0.338 e. The van der Waals surface area contributed by atoms with Gasteiger partial charge in [-0.1, -0.05) is 37.6 Å². The first-order valence-electron chi connectivity index (χ1n) is 8.38. The van der Waals surface area contributed by atoms with Crippen molar-refractivity contribution in [2.45, 2.75) is 40.0 Å². The topological polar surface area (TPSA) is 41.1 Å². The van der Waals surface area contributed by atoms with Crippen LogP contribution in [0.3, 0.4) is 0 Å². The molecule has 0 unspecified atom stereocenters. The first-order valence-corrected chi connectivity index (χ1v) is 9.96. The van der Waals surface area contributed by atoms with E-state index in [1.54, 1.807) is 0 Å². The van der Waals surface area contributed by atoms with Crippen LogP contribution < -0.4 is 10.6 Å². The molecule has 0 bridgehead atoms. The molecule has 0 fully saturated rings. The van der Waals surface area contributed by atoms with E-state index in [2.05, 4.69) is 88.4 Å². The maximum Gasteiger partial charge on any atom is 0.319 e. The molecule has 0 saturated heterocycles. The van der Waals surface area contributed by atoms with Gasteiger partial charge in [0.1, 0.15) is 0 Å². The van der Waals surface area contributed by atoms with E-state index in [1.807, 2.05) is 12.1 Å². The Morgan fingerprint density at radius 1 is 1.08 bits per heavy atom. The van der Waals surface area contributed by atoms with Crippen LogP contribution in [-0.2, 0) is 6.42 Å². The van der Waals surface area contributed by atoms with Gasteiger partial charge in [-0.3, -0.25) is 0 Å². The fourth-order valence-electron chi connectivity index (χ4n) is 2.64. The summed E-state index contributed by atoms with van der Waals surface area (Å²) in [5.41, 5.74) is 5.73. The Balaban J connectivity index is 1.94. The molecule has 25 heavy (non-hydrogen) atoms. The number of aryl methyl sites for hydroxylation is 2. The smallest absolute Gasteiger partial charge is 0.319 e. The van der Waals surface area contributed by atoms with Gasteiger partial charge in [-0.15, -0.1) is 0 Å². The minimum atomic E-state index is -0.205. The van der Waals surface area contributed by atoms with Crippen molar-refractivity contribution in [3.8, 4) is 0 Å². The van der Waals surface area contributed by atoms with Crippen molar-refractivity contribution in [2.75, 3.05) is 11.9 Å². The summed E-state index contributed by atoms with van der Waals surface area (Å²) in [5.74, 6) is 0.424. The second kappa shape index (κ2) is 8.86. The van der Waals surface area contributed by atoms with E-state index in [0.717, 1.165) is 21.1 Å². The Morgan fingerprint density at radius 3 is 2.28 bits per heavy atom. The summed E-state index contributed by atoms with van der Waals surface area (Å²) in [5, 5.41) is 5.83. The van der Waals surface area contributed by atoms with Gasteiger partial charge in [0.05, 0.1) is 5.69 Å². The van der Waals surface area contributed by atoms with E-state index in [9.17, 15) is 4.79 Å². The molecular weight excluding hydrogens is 444 g/mol. The third-order valence-corrected chi connectivity index (χ3v) is 5.40. The number of carbonyl (C=O) groups is 1. The van der Waals surface area contributed by atoms with Gasteiger partial charge in [0, 0.05) is 15.5 Å². The van der Waals surface area contributed by atoms with Crippen molar-refractivity contribution in [2.24, 2.45) is 0 Å². The van der Waals surface area contributed by atoms with Crippen LogP contribution in [0, 0.1) is 13.8 Å². The van der Waals surface area contributed by atoms with Crippen molar-refractivity contribution in [3.05, 3.63) is 61.5 Å². The summed E-state index contributed by atoms with van der Waals surface area (Å²) in [6.45, 7) is 9.06. The standard InChI is InChI=1S/C20H24Br2N2O/c1-12(2)16-10-17(21)19(18(22)11-16)24-20(25)23-8-7-15-6-5-13(3)9-14(15)4/h5-6,9-12H,7-8H2,1-4H3,(H2,23,24,25). The van der Waals surface area contributed by atoms with Crippen LogP contribution in [-0.4, -0.2) is 12.6 Å². The van der Waals surface area contributed by atoms with Gasteiger partial charge in [-0.05, 0) is 86.9 Å². The van der Waals surface area contributed by atoms with Crippen molar-refractivity contribution >= 4 is 43.6 Å². The maximum atomic E-state index is 12.2. The van der Waals surface area contributed by atoms with Gasteiger partial charge >= 0.3 is 6.03 Å². The number of urea groups is 1. The Kier molecular flexibility index (Phi) is 7.08. The van der Waals surface area contributed by atoms with E-state index < -0.39 is 0 Å². The Labute approximate surface area is 166 Å². The molecule has 5 heteroatoms. The highest BCUT2D eigenvalue weighted by atomic mass is 79.9. The van der Waals surface area contributed by atoms with Crippen LogP contribution in [0.4, 0.5) is 10.5 Å². The molecule has 2 aromatic carbocycles. The lowest BCUT2D eigenvalue weighted by molar-refractivity contribution is 0.252. The Hall–Kier alpha value is -1.33. The van der Waals surface area contributed by atoms with E-state index in [4.69, 9.17) is 0 Å². The average molecular weight is 468 g/mol. The Morgan fingerprint density at radius 2 is 1.72 bits per heavy atom. The SMILES string of the molecule is Cc1ccc(CCNC(=O)Nc2c(Br)cc(C(C)C)cc2Br)c(C)c1. The van der Waals surface area contributed by atoms with Crippen LogP contribution in [0.25, 0.3) is 0 Å². The summed E-state index contributed by atoms with van der Waals surface area (Å²) in [7, 11) is 0. The molecule has 2 N–H and O–H groups in total. The van der Waals surface area contributed by atoms with Crippen molar-refractivity contribution in [3.63, 3.8) is 0 Å². The number of benzene rings is 2. The summed E-state index contributed by atoms with van der Waals surface area (Å²) < 4.78 is 1.74. The molecule has 0 spiro atoms. The Bertz CT molecular complexity index is 749. The molecule has 0 radical (unpaired) electrons. The minimum absolute atomic E-state index is 0.205. The number of nitrogens with one attached hydrogen (secondary N) is 2.